The van der Waals surface area contributed by atoms with Gasteiger partial charge in [-0.3, -0.25) is 19.1 Å². The summed E-state index contributed by atoms with van der Waals surface area (Å²) in [5.74, 6) is 0.345. The number of carbonyl (C=O) groups is 2. The van der Waals surface area contributed by atoms with Crippen molar-refractivity contribution in [1.29, 1.82) is 0 Å². The number of aromatic nitrogens is 6. The van der Waals surface area contributed by atoms with Crippen molar-refractivity contribution in [2.75, 3.05) is 20.2 Å². The topological polar surface area (TPSA) is 196 Å². The van der Waals surface area contributed by atoms with E-state index in [0.29, 0.717) is 64.0 Å². The minimum Gasteiger partial charge on any atom is -0.494 e. The normalized spacial score (nSPS) is 16.9. The molecule has 0 unspecified atom stereocenters. The second-order valence-corrected chi connectivity index (χ2v) is 21.3. The van der Waals surface area contributed by atoms with Crippen LogP contribution in [-0.2, 0) is 39.6 Å². The first-order valence-electron chi connectivity index (χ1n) is 22.6. The van der Waals surface area contributed by atoms with Gasteiger partial charge in [0.1, 0.15) is 50.4 Å². The Morgan fingerprint density at radius 3 is 2.54 bits per heavy atom. The largest absolute Gasteiger partial charge is 0.494 e. The number of aliphatic imine (C=N–C) groups is 1. The van der Waals surface area contributed by atoms with Crippen molar-refractivity contribution in [1.82, 2.24) is 39.4 Å². The van der Waals surface area contributed by atoms with Crippen LogP contribution in [0.15, 0.2) is 82.7 Å². The molecular weight excluding hydrogens is 938 g/mol. The Labute approximate surface area is 409 Å². The average Bonchev–Trinajstić information content (AvgIpc) is 3.93. The van der Waals surface area contributed by atoms with Gasteiger partial charge < -0.3 is 19.9 Å². The molecule has 0 fully saturated rings. The summed E-state index contributed by atoms with van der Waals surface area (Å²) in [5, 5.41) is 32.0. The lowest BCUT2D eigenvalue weighted by Crippen LogP contribution is -2.35. The van der Waals surface area contributed by atoms with Crippen LogP contribution in [0.25, 0.3) is 16.0 Å². The van der Waals surface area contributed by atoms with Crippen molar-refractivity contribution in [2.24, 2.45) is 12.0 Å². The summed E-state index contributed by atoms with van der Waals surface area (Å²) in [6.07, 6.45) is 0.512. The van der Waals surface area contributed by atoms with E-state index in [4.69, 9.17) is 26.1 Å². The minimum absolute atomic E-state index is 0.0453. The number of sulfonamides is 1. The monoisotopic (exact) mass is 989 g/mol. The zero-order valence-corrected chi connectivity index (χ0v) is 41.7. The number of carbonyl (C=O) groups excluding carboxylic acids is 1. The first-order valence-corrected chi connectivity index (χ1v) is 25.3. The Bertz CT molecular complexity index is 3290. The maximum atomic E-state index is 14.4. The number of aliphatic carboxylic acids is 1. The summed E-state index contributed by atoms with van der Waals surface area (Å²) in [7, 11) is -0.737. The van der Waals surface area contributed by atoms with Crippen LogP contribution in [0.2, 0.25) is 5.02 Å². The molecule has 69 heavy (non-hydrogen) atoms. The van der Waals surface area contributed by atoms with Gasteiger partial charge in [0.05, 0.1) is 32.2 Å². The Balaban J connectivity index is 0.886. The van der Waals surface area contributed by atoms with Gasteiger partial charge in [0.2, 0.25) is 15.9 Å². The number of aryl methyl sites for hydroxylation is 5. The van der Waals surface area contributed by atoms with E-state index in [2.05, 4.69) is 39.7 Å². The number of halogens is 1. The summed E-state index contributed by atoms with van der Waals surface area (Å²) in [4.78, 5) is 32.3. The third-order valence-corrected chi connectivity index (χ3v) is 16.2. The fraction of sp³-hybridized carbons (Fsp3) is 0.340. The molecule has 4 aromatic carbocycles. The molecule has 1 amide bonds. The Hall–Kier alpha value is -6.47. The van der Waals surface area contributed by atoms with Gasteiger partial charge in [0.15, 0.2) is 5.82 Å². The maximum absolute atomic E-state index is 14.4. The number of nitrogens with zero attached hydrogens (tertiary/aromatic N) is 8. The van der Waals surface area contributed by atoms with Crippen LogP contribution < -0.4 is 14.8 Å². The molecule has 19 heteroatoms. The highest BCUT2D eigenvalue weighted by atomic mass is 35.5. The van der Waals surface area contributed by atoms with Crippen molar-refractivity contribution in [3.05, 3.63) is 139 Å². The predicted octanol–water partition coefficient (Wildman–Crippen LogP) is 8.12. The lowest BCUT2D eigenvalue weighted by atomic mass is 9.86. The first-order chi connectivity index (χ1) is 33.0. The van der Waals surface area contributed by atoms with E-state index < -0.39 is 34.1 Å². The second-order valence-electron chi connectivity index (χ2n) is 17.7. The van der Waals surface area contributed by atoms with Crippen molar-refractivity contribution in [3.63, 3.8) is 0 Å². The van der Waals surface area contributed by atoms with Crippen LogP contribution >= 0.6 is 22.9 Å². The molecule has 0 saturated heterocycles. The molecule has 0 spiro atoms. The van der Waals surface area contributed by atoms with Crippen molar-refractivity contribution >= 4 is 61.6 Å². The molecule has 0 saturated carbocycles. The number of benzene rings is 4. The minimum atomic E-state index is -4.04. The van der Waals surface area contributed by atoms with Crippen LogP contribution in [0.5, 0.6) is 11.5 Å². The number of hydrogen-bond donors (Lipinski definition) is 2. The van der Waals surface area contributed by atoms with Gasteiger partial charge in [-0.25, -0.2) is 13.1 Å². The third-order valence-electron chi connectivity index (χ3n) is 12.9. The molecule has 16 nitrogen and oxygen atoms in total. The van der Waals surface area contributed by atoms with E-state index >= 15 is 0 Å². The SMILES string of the molecule is COc1cc([C@@H](CC(=O)O)c2ccc(C)c(CN3C[C@@H](C)Oc4cc(CCCNC(=O)C[C@H]5N=C(c6ccc(Cl)cc6)c6c(sc(C)c6C)-n6c(C)nnc65)ccc4S3(=O)=O)c2)cc2nnn(C)c12. The molecule has 0 radical (unpaired) electrons. The first kappa shape index (κ1) is 47.6. The number of carboxylic acid groups (broad SMARTS) is 1. The number of amides is 1. The van der Waals surface area contributed by atoms with Gasteiger partial charge in [-0.1, -0.05) is 53.2 Å². The highest BCUT2D eigenvalue weighted by Crippen LogP contribution is 2.41. The molecule has 2 aliphatic rings. The van der Waals surface area contributed by atoms with E-state index in [1.54, 1.807) is 48.4 Å². The van der Waals surface area contributed by atoms with Crippen LogP contribution in [0.1, 0.15) is 99.2 Å². The molecule has 5 heterocycles. The predicted molar refractivity (Wildman–Crippen MR) is 264 cm³/mol. The van der Waals surface area contributed by atoms with Crippen LogP contribution in [0.3, 0.4) is 0 Å². The molecule has 0 aliphatic carbocycles. The Kier molecular flexibility index (Phi) is 13.2. The molecule has 3 atom stereocenters. The second kappa shape index (κ2) is 19.1. The summed E-state index contributed by atoms with van der Waals surface area (Å²) in [6.45, 7) is 10.3. The van der Waals surface area contributed by atoms with Gasteiger partial charge in [-0.15, -0.1) is 26.6 Å². The number of rotatable bonds is 14. The lowest BCUT2D eigenvalue weighted by molar-refractivity contribution is -0.137. The van der Waals surface area contributed by atoms with Crippen LogP contribution in [0.4, 0.5) is 0 Å². The fourth-order valence-electron chi connectivity index (χ4n) is 9.24. The van der Waals surface area contributed by atoms with E-state index in [0.717, 1.165) is 49.0 Å². The number of methoxy groups -OCH3 is 1. The molecule has 2 aliphatic heterocycles. The average molecular weight is 991 g/mol. The van der Waals surface area contributed by atoms with Crippen molar-refractivity contribution in [2.45, 2.75) is 89.8 Å². The third kappa shape index (κ3) is 9.37. The molecule has 7 aromatic rings. The molecule has 358 valence electrons. The number of thiophene rings is 1. The summed E-state index contributed by atoms with van der Waals surface area (Å²) in [5.41, 5.74) is 8.88. The quantitative estimate of drug-likeness (QED) is 0.0999. The number of carboxylic acids is 1. The summed E-state index contributed by atoms with van der Waals surface area (Å²) >= 11 is 7.92. The van der Waals surface area contributed by atoms with Crippen molar-refractivity contribution in [3.8, 4) is 16.5 Å². The maximum Gasteiger partial charge on any atom is 0.304 e. The zero-order valence-electron chi connectivity index (χ0n) is 39.3. The number of fused-ring (bicyclic) bond motifs is 5. The summed E-state index contributed by atoms with van der Waals surface area (Å²) < 4.78 is 45.9. The number of hydrogen-bond acceptors (Lipinski definition) is 12. The van der Waals surface area contributed by atoms with E-state index in [1.807, 2.05) is 79.9 Å². The summed E-state index contributed by atoms with van der Waals surface area (Å²) in [6, 6.07) is 21.4. The smallest absolute Gasteiger partial charge is 0.304 e. The van der Waals surface area contributed by atoms with Crippen LogP contribution in [-0.4, -0.2) is 91.5 Å². The standard InChI is InChI=1S/C50H52ClN9O7S2/c1-27-10-12-34(38(23-45(62)63)35-21-39-48(42(22-35)66-7)58(6)57-55-39)20-36(27)26-59-25-28(2)67-41-19-32(11-17-43(41)69(59,64)65)9-8-18-52-44(61)24-40-49-56-54-31(5)60(49)50-46(29(3)30(4)68-50)47(53-40)33-13-15-37(51)16-14-33/h10-17,19-22,28,38,40H,8-9,18,23-26H2,1-7H3,(H,52,61)(H,62,63)/t28-,38+,40-/m1/s1. The van der Waals surface area contributed by atoms with Gasteiger partial charge in [0, 0.05) is 47.1 Å². The highest BCUT2D eigenvalue weighted by Gasteiger charge is 2.35. The fourth-order valence-corrected chi connectivity index (χ4v) is 12.2. The van der Waals surface area contributed by atoms with Gasteiger partial charge in [-0.05, 0) is 117 Å². The molecule has 3 aromatic heterocycles. The van der Waals surface area contributed by atoms with Gasteiger partial charge >= 0.3 is 5.97 Å². The Morgan fingerprint density at radius 2 is 1.78 bits per heavy atom. The molecular formula is C50H52ClN9O7S2. The van der Waals surface area contributed by atoms with E-state index in [-0.39, 0.29) is 42.5 Å². The molecule has 0 bridgehead atoms. The zero-order chi connectivity index (χ0) is 48.9. The lowest BCUT2D eigenvalue weighted by Gasteiger charge is -2.24. The number of nitrogens with one attached hydrogen (secondary N) is 1. The molecule has 2 N–H and O–H groups in total. The number of ether oxygens (including phenoxy) is 2. The van der Waals surface area contributed by atoms with Crippen LogP contribution in [0, 0.1) is 27.7 Å². The molecule has 9 rings (SSSR count). The van der Waals surface area contributed by atoms with Crippen molar-refractivity contribution < 1.29 is 32.6 Å². The van der Waals surface area contributed by atoms with Gasteiger partial charge in [0.25, 0.3) is 0 Å². The van der Waals surface area contributed by atoms with Gasteiger partial charge in [-0.2, -0.15) is 4.31 Å². The highest BCUT2D eigenvalue weighted by molar-refractivity contribution is 7.89. The van der Waals surface area contributed by atoms with E-state index in [9.17, 15) is 23.1 Å². The Morgan fingerprint density at radius 1 is 1.00 bits per heavy atom. The van der Waals surface area contributed by atoms with E-state index in [1.165, 1.54) is 4.31 Å².